The first kappa shape index (κ1) is 21.8. The smallest absolute Gasteiger partial charge is 0.407 e. The average molecular weight is 448 g/mol. The van der Waals surface area contributed by atoms with Crippen LogP contribution in [0.15, 0.2) is 66.7 Å². The van der Waals surface area contributed by atoms with E-state index in [1.807, 2.05) is 48.5 Å². The van der Waals surface area contributed by atoms with E-state index >= 15 is 0 Å². The van der Waals surface area contributed by atoms with E-state index in [2.05, 4.69) is 5.32 Å². The Morgan fingerprint density at radius 3 is 2.21 bits per heavy atom. The van der Waals surface area contributed by atoms with Crippen molar-refractivity contribution in [1.82, 2.24) is 5.32 Å². The number of nitrogens with one attached hydrogen (secondary N) is 1. The molecule has 1 aliphatic carbocycles. The number of aliphatic carboxylic acids is 1. The van der Waals surface area contributed by atoms with Crippen LogP contribution in [0.25, 0.3) is 11.1 Å². The highest BCUT2D eigenvalue weighted by atomic mass is 16.6. The van der Waals surface area contributed by atoms with Crippen LogP contribution >= 0.6 is 0 Å². The van der Waals surface area contributed by atoms with Gasteiger partial charge >= 0.3 is 12.1 Å². The summed E-state index contributed by atoms with van der Waals surface area (Å²) in [6.45, 7) is 0.00819. The van der Waals surface area contributed by atoms with Gasteiger partial charge in [-0.15, -0.1) is 0 Å². The molecule has 0 spiro atoms. The zero-order chi connectivity index (χ0) is 23.5. The quantitative estimate of drug-likeness (QED) is 0.369. The molecule has 33 heavy (non-hydrogen) atoms. The van der Waals surface area contributed by atoms with E-state index in [9.17, 15) is 29.9 Å². The third-order valence-corrected chi connectivity index (χ3v) is 5.63. The Morgan fingerprint density at radius 2 is 1.64 bits per heavy atom. The number of phenols is 1. The average Bonchev–Trinajstić information content (AvgIpc) is 3.12. The summed E-state index contributed by atoms with van der Waals surface area (Å²) in [6.07, 6.45) is -1.29. The van der Waals surface area contributed by atoms with Gasteiger partial charge in [0.15, 0.2) is 0 Å². The molecule has 0 radical (unpaired) electrons. The number of carboxylic acids is 1. The van der Waals surface area contributed by atoms with Crippen LogP contribution in [0.5, 0.6) is 5.75 Å². The first-order chi connectivity index (χ1) is 15.8. The highest BCUT2D eigenvalue weighted by Crippen LogP contribution is 2.44. The molecular weight excluding hydrogens is 428 g/mol. The first-order valence-corrected chi connectivity index (χ1v) is 10.2. The lowest BCUT2D eigenvalue weighted by Crippen LogP contribution is -2.42. The number of nitro benzene ring substituents is 1. The lowest BCUT2D eigenvalue weighted by molar-refractivity contribution is -0.384. The molecular formula is C24H20N2O7. The van der Waals surface area contributed by atoms with E-state index in [1.165, 1.54) is 0 Å². The summed E-state index contributed by atoms with van der Waals surface area (Å²) in [5, 5.41) is 32.7. The maximum atomic E-state index is 12.4. The van der Waals surface area contributed by atoms with E-state index in [0.717, 1.165) is 40.5 Å². The number of carbonyl (C=O) groups excluding carboxylic acids is 1. The zero-order valence-electron chi connectivity index (χ0n) is 17.3. The van der Waals surface area contributed by atoms with Crippen LogP contribution in [-0.4, -0.2) is 39.8 Å². The summed E-state index contributed by atoms with van der Waals surface area (Å²) in [5.41, 5.74) is 3.88. The number of nitrogens with zero attached hydrogens (tertiary/aromatic N) is 1. The van der Waals surface area contributed by atoms with Crippen LogP contribution in [-0.2, 0) is 16.0 Å². The lowest BCUT2D eigenvalue weighted by atomic mass is 9.98. The molecule has 0 saturated heterocycles. The number of phenolic OH excluding ortho intramolecular Hbond substituents is 1. The van der Waals surface area contributed by atoms with Gasteiger partial charge in [-0.05, 0) is 28.3 Å². The monoisotopic (exact) mass is 448 g/mol. The number of hydrogen-bond acceptors (Lipinski definition) is 6. The van der Waals surface area contributed by atoms with Crippen molar-refractivity contribution in [2.24, 2.45) is 0 Å². The van der Waals surface area contributed by atoms with Crippen LogP contribution < -0.4 is 5.32 Å². The number of alkyl carbamates (subject to hydrolysis) is 1. The van der Waals surface area contributed by atoms with Gasteiger partial charge in [0.2, 0.25) is 0 Å². The zero-order valence-corrected chi connectivity index (χ0v) is 17.3. The van der Waals surface area contributed by atoms with Crippen LogP contribution in [0.1, 0.15) is 22.6 Å². The molecule has 0 heterocycles. The van der Waals surface area contributed by atoms with E-state index in [1.54, 1.807) is 0 Å². The Kier molecular flexibility index (Phi) is 5.95. The second-order valence-corrected chi connectivity index (χ2v) is 7.63. The Balaban J connectivity index is 1.45. The molecule has 0 saturated carbocycles. The molecule has 0 aliphatic heterocycles. The number of ether oxygens (including phenoxy) is 1. The third kappa shape index (κ3) is 4.47. The van der Waals surface area contributed by atoms with Gasteiger partial charge in [0.25, 0.3) is 5.69 Å². The minimum atomic E-state index is -1.45. The number of rotatable bonds is 7. The summed E-state index contributed by atoms with van der Waals surface area (Å²) in [6, 6.07) is 17.5. The molecule has 0 bridgehead atoms. The predicted molar refractivity (Wildman–Crippen MR) is 118 cm³/mol. The summed E-state index contributed by atoms with van der Waals surface area (Å²) >= 11 is 0. The van der Waals surface area contributed by atoms with Gasteiger partial charge in [-0.1, -0.05) is 48.5 Å². The largest absolute Gasteiger partial charge is 0.508 e. The molecule has 0 aromatic heterocycles. The van der Waals surface area contributed by atoms with Crippen molar-refractivity contribution in [2.75, 3.05) is 6.61 Å². The molecule has 3 N–H and O–H groups in total. The van der Waals surface area contributed by atoms with Crippen LogP contribution in [0.2, 0.25) is 0 Å². The number of aromatic hydroxyl groups is 1. The Labute approximate surface area is 188 Å². The van der Waals surface area contributed by atoms with Gasteiger partial charge in [-0.25, -0.2) is 9.59 Å². The number of hydrogen-bond donors (Lipinski definition) is 3. The number of nitro groups is 1. The topological polar surface area (TPSA) is 139 Å². The van der Waals surface area contributed by atoms with Gasteiger partial charge in [0, 0.05) is 30.0 Å². The van der Waals surface area contributed by atoms with E-state index in [-0.39, 0.29) is 35.9 Å². The molecule has 1 atom stereocenters. The fourth-order valence-corrected chi connectivity index (χ4v) is 4.05. The molecule has 3 aromatic carbocycles. The molecule has 1 amide bonds. The lowest BCUT2D eigenvalue weighted by Gasteiger charge is -2.18. The first-order valence-electron chi connectivity index (χ1n) is 10.2. The molecule has 1 aliphatic rings. The second kappa shape index (κ2) is 8.99. The number of carbonyl (C=O) groups is 2. The standard InChI is InChI=1S/C24H20N2O7/c27-22-10-9-15(26(31)32)11-14(22)12-21(23(28)29)25-24(30)33-13-20-18-7-3-1-5-16(18)17-6-2-4-8-19(17)20/h1-11,20-21,27H,12-13H2,(H,25,30)(H,28,29). The molecule has 0 fully saturated rings. The van der Waals surface area contributed by atoms with Gasteiger partial charge in [0.1, 0.15) is 18.4 Å². The summed E-state index contributed by atoms with van der Waals surface area (Å²) in [4.78, 5) is 34.4. The fourth-order valence-electron chi connectivity index (χ4n) is 4.05. The van der Waals surface area contributed by atoms with Crippen molar-refractivity contribution in [1.29, 1.82) is 0 Å². The Morgan fingerprint density at radius 1 is 1.03 bits per heavy atom. The number of fused-ring (bicyclic) bond motifs is 3. The van der Waals surface area contributed by atoms with Gasteiger partial charge in [-0.2, -0.15) is 0 Å². The number of non-ortho nitro benzene ring substituents is 1. The minimum absolute atomic E-state index is 0.00819. The number of benzene rings is 3. The molecule has 168 valence electrons. The summed E-state index contributed by atoms with van der Waals surface area (Å²) < 4.78 is 5.37. The van der Waals surface area contributed by atoms with Gasteiger partial charge < -0.3 is 20.3 Å². The highest BCUT2D eigenvalue weighted by Gasteiger charge is 2.30. The Bertz CT molecular complexity index is 1200. The predicted octanol–water partition coefficient (Wildman–Crippen LogP) is 3.83. The number of carboxylic acid groups (broad SMARTS) is 1. The van der Waals surface area contributed by atoms with Gasteiger partial charge in [-0.3, -0.25) is 10.1 Å². The van der Waals surface area contributed by atoms with Crippen LogP contribution in [0, 0.1) is 10.1 Å². The highest BCUT2D eigenvalue weighted by molar-refractivity contribution is 5.81. The molecule has 3 aromatic rings. The Hall–Kier alpha value is -4.40. The normalized spacial score (nSPS) is 13.0. The molecule has 4 rings (SSSR count). The SMILES string of the molecule is O=C(NC(Cc1cc([N+](=O)[O-])ccc1O)C(=O)O)OCC1c2ccccc2-c2ccccc21. The van der Waals surface area contributed by atoms with Crippen LogP contribution in [0.3, 0.4) is 0 Å². The maximum Gasteiger partial charge on any atom is 0.407 e. The third-order valence-electron chi connectivity index (χ3n) is 5.63. The van der Waals surface area contributed by atoms with Gasteiger partial charge in [0.05, 0.1) is 4.92 Å². The summed E-state index contributed by atoms with van der Waals surface area (Å²) in [5.74, 6) is -1.86. The van der Waals surface area contributed by atoms with E-state index in [0.29, 0.717) is 0 Å². The van der Waals surface area contributed by atoms with Crippen LogP contribution in [0.4, 0.5) is 10.5 Å². The van der Waals surface area contributed by atoms with Crippen molar-refractivity contribution in [3.8, 4) is 16.9 Å². The fraction of sp³-hybridized carbons (Fsp3) is 0.167. The van der Waals surface area contributed by atoms with Crippen molar-refractivity contribution in [3.63, 3.8) is 0 Å². The van der Waals surface area contributed by atoms with E-state index < -0.39 is 23.0 Å². The second-order valence-electron chi connectivity index (χ2n) is 7.63. The van der Waals surface area contributed by atoms with Crippen molar-refractivity contribution < 1.29 is 29.5 Å². The number of amides is 1. The molecule has 9 nitrogen and oxygen atoms in total. The molecule has 1 unspecified atom stereocenters. The maximum absolute atomic E-state index is 12.4. The van der Waals surface area contributed by atoms with E-state index in [4.69, 9.17) is 4.74 Å². The molecule has 9 heteroatoms. The summed E-state index contributed by atoms with van der Waals surface area (Å²) in [7, 11) is 0. The van der Waals surface area contributed by atoms with Crippen molar-refractivity contribution >= 4 is 17.7 Å². The van der Waals surface area contributed by atoms with Crippen molar-refractivity contribution in [3.05, 3.63) is 93.5 Å². The van der Waals surface area contributed by atoms with Crippen molar-refractivity contribution in [2.45, 2.75) is 18.4 Å². The minimum Gasteiger partial charge on any atom is -0.508 e.